The molecule has 0 aliphatic heterocycles. The van der Waals surface area contributed by atoms with Gasteiger partial charge in [-0.25, -0.2) is 0 Å². The molecule has 60 valence electrons. The number of aryl methyl sites for hydroxylation is 1. The molecule has 0 bridgehead atoms. The maximum atomic E-state index is 5.75. The van der Waals surface area contributed by atoms with E-state index >= 15 is 0 Å². The largest absolute Gasteiger partial charge is 0.320 e. The minimum absolute atomic E-state index is 0.0231. The summed E-state index contributed by atoms with van der Waals surface area (Å²) in [6, 6.07) is 2.06. The molecule has 3 heteroatoms. The first-order valence-electron chi connectivity index (χ1n) is 3.29. The van der Waals surface area contributed by atoms with Crippen molar-refractivity contribution in [3.63, 3.8) is 0 Å². The zero-order valence-electron chi connectivity index (χ0n) is 6.30. The lowest BCUT2D eigenvalue weighted by Gasteiger charge is -1.99. The quantitative estimate of drug-likeness (QED) is 0.779. The Morgan fingerprint density at radius 3 is 2.82 bits per heavy atom. The molecule has 0 fully saturated rings. The van der Waals surface area contributed by atoms with Crippen LogP contribution in [-0.4, -0.2) is 0 Å². The topological polar surface area (TPSA) is 26.0 Å². The number of hydrogen-bond donors (Lipinski definition) is 1. The van der Waals surface area contributed by atoms with E-state index in [9.17, 15) is 0 Å². The van der Waals surface area contributed by atoms with Gasteiger partial charge in [0.25, 0.3) is 0 Å². The van der Waals surface area contributed by atoms with Crippen LogP contribution in [0.15, 0.2) is 22.5 Å². The molecule has 2 N–H and O–H groups in total. The number of halogens is 1. The van der Waals surface area contributed by atoms with Crippen LogP contribution in [0.5, 0.6) is 0 Å². The zero-order valence-corrected chi connectivity index (χ0v) is 8.71. The third kappa shape index (κ3) is 1.92. The summed E-state index contributed by atoms with van der Waals surface area (Å²) < 4.78 is 1.16. The highest BCUT2D eigenvalue weighted by atomic mass is 79.9. The summed E-state index contributed by atoms with van der Waals surface area (Å²) in [6.45, 7) is 5.70. The molecular weight excluding hydrogens is 222 g/mol. The van der Waals surface area contributed by atoms with Crippen LogP contribution < -0.4 is 5.73 Å². The molecule has 1 atom stereocenters. The van der Waals surface area contributed by atoms with Gasteiger partial charge in [0.2, 0.25) is 0 Å². The zero-order chi connectivity index (χ0) is 8.43. The highest BCUT2D eigenvalue weighted by Crippen LogP contribution is 2.30. The molecule has 1 rings (SSSR count). The van der Waals surface area contributed by atoms with E-state index in [4.69, 9.17) is 5.73 Å². The normalized spacial score (nSPS) is 13.0. The smallest absolute Gasteiger partial charge is 0.0731 e. The van der Waals surface area contributed by atoms with Crippen LogP contribution in [0.4, 0.5) is 0 Å². The Balaban J connectivity index is 2.96. The van der Waals surface area contributed by atoms with Crippen molar-refractivity contribution in [3.05, 3.63) is 32.9 Å². The van der Waals surface area contributed by atoms with E-state index in [-0.39, 0.29) is 6.04 Å². The maximum absolute atomic E-state index is 5.75. The van der Waals surface area contributed by atoms with Crippen molar-refractivity contribution in [2.75, 3.05) is 0 Å². The predicted octanol–water partition coefficient (Wildman–Crippen LogP) is 3.00. The molecule has 11 heavy (non-hydrogen) atoms. The van der Waals surface area contributed by atoms with Gasteiger partial charge in [0.1, 0.15) is 0 Å². The number of rotatable bonds is 2. The molecule has 0 saturated heterocycles. The van der Waals surface area contributed by atoms with Gasteiger partial charge in [-0.2, -0.15) is 0 Å². The Hall–Kier alpha value is -0.120. The van der Waals surface area contributed by atoms with Gasteiger partial charge in [0.15, 0.2) is 0 Å². The number of thiophene rings is 1. The van der Waals surface area contributed by atoms with Gasteiger partial charge in [-0.05, 0) is 34.5 Å². The molecule has 0 radical (unpaired) electrons. The van der Waals surface area contributed by atoms with Gasteiger partial charge >= 0.3 is 0 Å². The Kier molecular flexibility index (Phi) is 2.87. The predicted molar refractivity (Wildman–Crippen MR) is 53.9 cm³/mol. The van der Waals surface area contributed by atoms with Gasteiger partial charge in [0, 0.05) is 4.88 Å². The van der Waals surface area contributed by atoms with Gasteiger partial charge in [-0.3, -0.25) is 0 Å². The SMILES string of the molecule is C=C[C@H](N)c1cc(C)c(Br)s1. The fourth-order valence-corrected chi connectivity index (χ4v) is 2.33. The summed E-state index contributed by atoms with van der Waals surface area (Å²) in [5.41, 5.74) is 6.99. The van der Waals surface area contributed by atoms with Crippen LogP contribution in [0.3, 0.4) is 0 Å². The van der Waals surface area contributed by atoms with Gasteiger partial charge in [-0.15, -0.1) is 17.9 Å². The van der Waals surface area contributed by atoms with E-state index in [1.807, 2.05) is 0 Å². The lowest BCUT2D eigenvalue weighted by atomic mass is 10.2. The van der Waals surface area contributed by atoms with E-state index in [1.165, 1.54) is 5.56 Å². The summed E-state index contributed by atoms with van der Waals surface area (Å²) in [5.74, 6) is 0. The van der Waals surface area contributed by atoms with Crippen LogP contribution in [0, 0.1) is 6.92 Å². The lowest BCUT2D eigenvalue weighted by Crippen LogP contribution is -2.03. The number of nitrogens with two attached hydrogens (primary N) is 1. The van der Waals surface area contributed by atoms with E-state index in [0.717, 1.165) is 8.66 Å². The fourth-order valence-electron chi connectivity index (χ4n) is 0.764. The Labute approximate surface area is 79.0 Å². The Morgan fingerprint density at radius 2 is 2.45 bits per heavy atom. The second-order valence-corrected chi connectivity index (χ2v) is 4.77. The fraction of sp³-hybridized carbons (Fsp3) is 0.250. The van der Waals surface area contributed by atoms with Crippen molar-refractivity contribution in [1.82, 2.24) is 0 Å². The molecule has 0 unspecified atom stereocenters. The first-order valence-corrected chi connectivity index (χ1v) is 4.90. The van der Waals surface area contributed by atoms with E-state index in [0.29, 0.717) is 0 Å². The summed E-state index contributed by atoms with van der Waals surface area (Å²) in [7, 11) is 0. The van der Waals surface area contributed by atoms with Crippen molar-refractivity contribution >= 4 is 27.3 Å². The van der Waals surface area contributed by atoms with Gasteiger partial charge in [-0.1, -0.05) is 6.08 Å². The van der Waals surface area contributed by atoms with Crippen LogP contribution in [-0.2, 0) is 0 Å². The van der Waals surface area contributed by atoms with Crippen molar-refractivity contribution in [2.45, 2.75) is 13.0 Å². The first-order chi connectivity index (χ1) is 5.15. The molecule has 0 saturated carbocycles. The van der Waals surface area contributed by atoms with E-state index in [1.54, 1.807) is 17.4 Å². The monoisotopic (exact) mass is 231 g/mol. The van der Waals surface area contributed by atoms with E-state index < -0.39 is 0 Å². The third-order valence-corrected chi connectivity index (χ3v) is 3.70. The van der Waals surface area contributed by atoms with E-state index in [2.05, 4.69) is 35.5 Å². The summed E-state index contributed by atoms with van der Waals surface area (Å²) in [4.78, 5) is 1.16. The minimum atomic E-state index is -0.0231. The second kappa shape index (κ2) is 3.52. The standard InChI is InChI=1S/C8H10BrNS/c1-3-6(10)7-4-5(2)8(9)11-7/h3-4,6H,1,10H2,2H3/t6-/m0/s1. The highest BCUT2D eigenvalue weighted by Gasteiger charge is 2.06. The van der Waals surface area contributed by atoms with Crippen molar-refractivity contribution in [2.24, 2.45) is 5.73 Å². The Morgan fingerprint density at radius 1 is 1.82 bits per heavy atom. The van der Waals surface area contributed by atoms with Crippen LogP contribution in [0.2, 0.25) is 0 Å². The van der Waals surface area contributed by atoms with Crippen molar-refractivity contribution in [3.8, 4) is 0 Å². The summed E-state index contributed by atoms with van der Waals surface area (Å²) in [5, 5.41) is 0. The molecule has 0 spiro atoms. The molecule has 1 heterocycles. The minimum Gasteiger partial charge on any atom is -0.320 e. The van der Waals surface area contributed by atoms with Crippen LogP contribution in [0.1, 0.15) is 16.5 Å². The van der Waals surface area contributed by atoms with Crippen molar-refractivity contribution < 1.29 is 0 Å². The second-order valence-electron chi connectivity index (χ2n) is 2.37. The van der Waals surface area contributed by atoms with Crippen molar-refractivity contribution in [1.29, 1.82) is 0 Å². The van der Waals surface area contributed by atoms with Gasteiger partial charge < -0.3 is 5.73 Å². The molecular formula is C8H10BrNS. The average molecular weight is 232 g/mol. The van der Waals surface area contributed by atoms with Gasteiger partial charge in [0.05, 0.1) is 9.83 Å². The number of hydrogen-bond acceptors (Lipinski definition) is 2. The lowest BCUT2D eigenvalue weighted by molar-refractivity contribution is 0.939. The molecule has 1 aromatic rings. The van der Waals surface area contributed by atoms with Crippen LogP contribution >= 0.6 is 27.3 Å². The maximum Gasteiger partial charge on any atom is 0.0731 e. The molecule has 0 aliphatic carbocycles. The first kappa shape index (κ1) is 8.97. The molecule has 1 nitrogen and oxygen atoms in total. The average Bonchev–Trinajstić information content (AvgIpc) is 2.31. The molecule has 0 amide bonds. The third-order valence-electron chi connectivity index (χ3n) is 1.46. The highest BCUT2D eigenvalue weighted by molar-refractivity contribution is 9.11. The molecule has 0 aromatic carbocycles. The summed E-state index contributed by atoms with van der Waals surface area (Å²) >= 11 is 5.11. The summed E-state index contributed by atoms with van der Waals surface area (Å²) in [6.07, 6.45) is 1.75. The van der Waals surface area contributed by atoms with Crippen LogP contribution in [0.25, 0.3) is 0 Å². The Bertz CT molecular complexity index is 248. The molecule has 1 aromatic heterocycles. The molecule has 0 aliphatic rings.